The molecule has 0 fully saturated rings. The van der Waals surface area contributed by atoms with Crippen LogP contribution in [0.5, 0.6) is 0 Å². The fraction of sp³-hybridized carbons (Fsp3) is 0.273. The van der Waals surface area contributed by atoms with Crippen molar-refractivity contribution in [2.45, 2.75) is 25.7 Å². The molecule has 3 aromatic rings. The fourth-order valence-corrected chi connectivity index (χ4v) is 3.51. The average molecular weight is 411 g/mol. The smallest absolute Gasteiger partial charge is 0.251 e. The van der Waals surface area contributed by atoms with Crippen molar-refractivity contribution in [3.63, 3.8) is 0 Å². The minimum atomic E-state index is -0.129. The van der Waals surface area contributed by atoms with Gasteiger partial charge in [-0.2, -0.15) is 5.26 Å². The molecule has 3 N–H and O–H groups in total. The second-order valence-corrected chi connectivity index (χ2v) is 6.85. The number of aromatic amines is 1. The molecular weight excluding hydrogens is 384 g/mol. The maximum atomic E-state index is 12.2. The van der Waals surface area contributed by atoms with Crippen LogP contribution in [0.4, 0.5) is 5.69 Å². The zero-order chi connectivity index (χ0) is 21.2. The zero-order valence-electron chi connectivity index (χ0n) is 17.1. The summed E-state index contributed by atoms with van der Waals surface area (Å²) < 4.78 is 8.25. The first-order chi connectivity index (χ1) is 14.1. The highest BCUT2D eigenvalue weighted by Gasteiger charge is 2.11. The number of methoxy groups -OCH3 is 1. The summed E-state index contributed by atoms with van der Waals surface area (Å²) in [5.74, 6) is -0.129. The van der Waals surface area contributed by atoms with E-state index in [0.29, 0.717) is 24.3 Å². The van der Waals surface area contributed by atoms with Gasteiger partial charge in [0.1, 0.15) is 6.07 Å². The highest BCUT2D eigenvalue weighted by molar-refractivity contribution is 8.00. The molecule has 0 spiro atoms. The molecule has 3 rings (SSSR count). The van der Waals surface area contributed by atoms with Crippen LogP contribution in [-0.2, 0) is 4.74 Å². The predicted octanol–water partition coefficient (Wildman–Crippen LogP) is 4.87. The SMILES string of the molecule is CC.COCCNC(=O)c1cccc(SNc2ccc(C)c3c(C#N)c[nH]c23)c1. The van der Waals surface area contributed by atoms with E-state index in [1.54, 1.807) is 19.4 Å². The van der Waals surface area contributed by atoms with Crippen LogP contribution < -0.4 is 10.0 Å². The molecule has 7 heteroatoms. The number of hydrogen-bond acceptors (Lipinski definition) is 5. The first-order valence-electron chi connectivity index (χ1n) is 9.45. The first-order valence-corrected chi connectivity index (χ1v) is 10.3. The van der Waals surface area contributed by atoms with Crippen LogP contribution in [0.2, 0.25) is 0 Å². The summed E-state index contributed by atoms with van der Waals surface area (Å²) in [6.45, 7) is 6.94. The van der Waals surface area contributed by atoms with Gasteiger partial charge in [-0.15, -0.1) is 0 Å². The van der Waals surface area contributed by atoms with Crippen LogP contribution >= 0.6 is 11.9 Å². The van der Waals surface area contributed by atoms with E-state index in [0.717, 1.165) is 27.0 Å². The van der Waals surface area contributed by atoms with E-state index in [1.165, 1.54) is 11.9 Å². The number of anilines is 1. The van der Waals surface area contributed by atoms with E-state index in [-0.39, 0.29) is 5.91 Å². The van der Waals surface area contributed by atoms with Crippen LogP contribution in [0, 0.1) is 18.3 Å². The Kier molecular flexibility index (Phi) is 8.59. The molecule has 0 saturated heterocycles. The van der Waals surface area contributed by atoms with Crippen LogP contribution in [0.3, 0.4) is 0 Å². The molecule has 1 amide bonds. The minimum Gasteiger partial charge on any atom is -0.383 e. The molecule has 0 atom stereocenters. The Bertz CT molecular complexity index is 1010. The number of H-pyrrole nitrogens is 1. The Morgan fingerprint density at radius 1 is 1.28 bits per heavy atom. The molecule has 1 aromatic heterocycles. The van der Waals surface area contributed by atoms with Crippen molar-refractivity contribution in [1.82, 2.24) is 10.3 Å². The third-order valence-corrected chi connectivity index (χ3v) is 4.94. The van der Waals surface area contributed by atoms with Crippen molar-refractivity contribution in [2.24, 2.45) is 0 Å². The minimum absolute atomic E-state index is 0.129. The second-order valence-electron chi connectivity index (χ2n) is 5.97. The molecule has 0 unspecified atom stereocenters. The van der Waals surface area contributed by atoms with Crippen LogP contribution in [0.25, 0.3) is 10.9 Å². The Labute approximate surface area is 175 Å². The summed E-state index contributed by atoms with van der Waals surface area (Å²) in [5, 5.41) is 13.0. The molecule has 152 valence electrons. The number of benzene rings is 2. The predicted molar refractivity (Wildman–Crippen MR) is 119 cm³/mol. The molecule has 29 heavy (non-hydrogen) atoms. The Hall–Kier alpha value is -2.95. The number of aromatic nitrogens is 1. The number of nitriles is 1. The quantitative estimate of drug-likeness (QED) is 0.382. The standard InChI is InChI=1S/C20H20N4O2S.C2H6/c1-13-6-7-17(19-18(13)15(11-21)12-23-19)24-27-16-5-3-4-14(10-16)20(25)22-8-9-26-2;1-2/h3-7,10,12,23-24H,8-9H2,1-2H3,(H,22,25);1-2H3. The number of amides is 1. The number of hydrogen-bond donors (Lipinski definition) is 3. The molecule has 0 bridgehead atoms. The Morgan fingerprint density at radius 3 is 2.79 bits per heavy atom. The summed E-state index contributed by atoms with van der Waals surface area (Å²) in [4.78, 5) is 16.2. The summed E-state index contributed by atoms with van der Waals surface area (Å²) in [6.07, 6.45) is 1.72. The van der Waals surface area contributed by atoms with Crippen molar-refractivity contribution in [3.05, 3.63) is 59.3 Å². The third-order valence-electron chi connectivity index (χ3n) is 4.13. The van der Waals surface area contributed by atoms with Crippen molar-refractivity contribution in [3.8, 4) is 6.07 Å². The number of aryl methyl sites for hydroxylation is 1. The van der Waals surface area contributed by atoms with E-state index in [2.05, 4.69) is 21.1 Å². The lowest BCUT2D eigenvalue weighted by molar-refractivity contribution is 0.0937. The molecular formula is C22H26N4O2S. The Morgan fingerprint density at radius 2 is 2.07 bits per heavy atom. The van der Waals surface area contributed by atoms with E-state index >= 15 is 0 Å². The van der Waals surface area contributed by atoms with Gasteiger partial charge in [0.15, 0.2) is 0 Å². The fourth-order valence-electron chi connectivity index (χ4n) is 2.78. The van der Waals surface area contributed by atoms with Gasteiger partial charge < -0.3 is 19.8 Å². The van der Waals surface area contributed by atoms with Gasteiger partial charge in [-0.1, -0.05) is 26.0 Å². The van der Waals surface area contributed by atoms with Gasteiger partial charge >= 0.3 is 0 Å². The lowest BCUT2D eigenvalue weighted by atomic mass is 10.1. The van der Waals surface area contributed by atoms with Crippen molar-refractivity contribution >= 4 is 34.4 Å². The number of ether oxygens (including phenoxy) is 1. The molecule has 6 nitrogen and oxygen atoms in total. The number of rotatable bonds is 7. The third kappa shape index (κ3) is 5.53. The topological polar surface area (TPSA) is 89.9 Å². The van der Waals surface area contributed by atoms with Crippen molar-refractivity contribution < 1.29 is 9.53 Å². The largest absolute Gasteiger partial charge is 0.383 e. The monoisotopic (exact) mass is 410 g/mol. The van der Waals surface area contributed by atoms with E-state index in [1.807, 2.05) is 51.1 Å². The van der Waals surface area contributed by atoms with Gasteiger partial charge in [-0.3, -0.25) is 4.79 Å². The average Bonchev–Trinajstić information content (AvgIpc) is 3.20. The summed E-state index contributed by atoms with van der Waals surface area (Å²) >= 11 is 1.41. The first kappa shape index (κ1) is 22.3. The van der Waals surface area contributed by atoms with Gasteiger partial charge in [0.05, 0.1) is 23.4 Å². The lowest BCUT2D eigenvalue weighted by Crippen LogP contribution is -2.26. The molecule has 1 heterocycles. The van der Waals surface area contributed by atoms with Crippen LogP contribution in [-0.4, -0.2) is 31.2 Å². The van der Waals surface area contributed by atoms with E-state index < -0.39 is 0 Å². The highest BCUT2D eigenvalue weighted by atomic mass is 32.2. The normalized spacial score (nSPS) is 10.0. The van der Waals surface area contributed by atoms with Gasteiger partial charge in [0, 0.05) is 35.7 Å². The maximum absolute atomic E-state index is 12.2. The van der Waals surface area contributed by atoms with E-state index in [4.69, 9.17) is 4.74 Å². The Balaban J connectivity index is 0.00000145. The molecule has 0 aliphatic carbocycles. The highest BCUT2D eigenvalue weighted by Crippen LogP contribution is 2.31. The summed E-state index contributed by atoms with van der Waals surface area (Å²) in [5.41, 5.74) is 4.06. The van der Waals surface area contributed by atoms with Crippen molar-refractivity contribution in [2.75, 3.05) is 25.0 Å². The molecule has 0 radical (unpaired) electrons. The summed E-state index contributed by atoms with van der Waals surface area (Å²) in [7, 11) is 1.60. The molecule has 0 aliphatic rings. The molecule has 0 saturated carbocycles. The number of carbonyl (C=O) groups is 1. The number of nitrogens with one attached hydrogen (secondary N) is 3. The number of fused-ring (bicyclic) bond motifs is 1. The summed E-state index contributed by atoms with van der Waals surface area (Å²) in [6, 6.07) is 13.6. The van der Waals surface area contributed by atoms with Gasteiger partial charge in [-0.05, 0) is 48.7 Å². The molecule has 2 aromatic carbocycles. The van der Waals surface area contributed by atoms with Crippen LogP contribution in [0.1, 0.15) is 35.3 Å². The van der Waals surface area contributed by atoms with Crippen molar-refractivity contribution in [1.29, 1.82) is 5.26 Å². The van der Waals surface area contributed by atoms with E-state index in [9.17, 15) is 10.1 Å². The number of nitrogens with zero attached hydrogens (tertiary/aromatic N) is 1. The zero-order valence-corrected chi connectivity index (χ0v) is 17.9. The van der Waals surface area contributed by atoms with Gasteiger partial charge in [0.2, 0.25) is 0 Å². The maximum Gasteiger partial charge on any atom is 0.251 e. The second kappa shape index (κ2) is 11.1. The van der Waals surface area contributed by atoms with Gasteiger partial charge in [0.25, 0.3) is 5.91 Å². The lowest BCUT2D eigenvalue weighted by Gasteiger charge is -2.10. The number of carbonyl (C=O) groups excluding carboxylic acids is 1. The van der Waals surface area contributed by atoms with Gasteiger partial charge in [-0.25, -0.2) is 0 Å². The van der Waals surface area contributed by atoms with Crippen LogP contribution in [0.15, 0.2) is 47.5 Å². The molecule has 0 aliphatic heterocycles.